The first-order chi connectivity index (χ1) is 9.63. The normalized spacial score (nSPS) is 24.0. The van der Waals surface area contributed by atoms with Crippen LogP contribution in [-0.4, -0.2) is 23.5 Å². The van der Waals surface area contributed by atoms with E-state index in [2.05, 4.69) is 31.7 Å². The van der Waals surface area contributed by atoms with Crippen molar-refractivity contribution in [2.75, 3.05) is 13.1 Å². The molecule has 5 heteroatoms. The lowest BCUT2D eigenvalue weighted by molar-refractivity contribution is -0.137. The van der Waals surface area contributed by atoms with Crippen molar-refractivity contribution >= 4 is 0 Å². The van der Waals surface area contributed by atoms with Crippen molar-refractivity contribution in [1.29, 1.82) is 5.26 Å². The third kappa shape index (κ3) is 3.38. The van der Waals surface area contributed by atoms with Crippen LogP contribution in [0, 0.1) is 17.2 Å². The summed E-state index contributed by atoms with van der Waals surface area (Å²) in [6, 6.07) is 7.50. The van der Waals surface area contributed by atoms with Crippen LogP contribution in [0.25, 0.3) is 0 Å². The molecule has 1 aliphatic heterocycles. The largest absolute Gasteiger partial charge is 0.416 e. The monoisotopic (exact) mass is 296 g/mol. The molecule has 0 bridgehead atoms. The Labute approximate surface area is 123 Å². The summed E-state index contributed by atoms with van der Waals surface area (Å²) in [7, 11) is 0. The molecule has 0 unspecified atom stereocenters. The van der Waals surface area contributed by atoms with E-state index in [1.54, 1.807) is 0 Å². The van der Waals surface area contributed by atoms with Gasteiger partial charge in [-0.2, -0.15) is 18.4 Å². The Morgan fingerprint density at radius 1 is 1.10 bits per heavy atom. The lowest BCUT2D eigenvalue weighted by atomic mass is 9.89. The van der Waals surface area contributed by atoms with Crippen molar-refractivity contribution in [1.82, 2.24) is 4.90 Å². The number of nitrogens with zero attached hydrogens (tertiary/aromatic N) is 2. The molecule has 0 amide bonds. The molecule has 1 heterocycles. The smallest absolute Gasteiger partial charge is 0.297 e. The fraction of sp³-hybridized carbons (Fsp3) is 0.562. The molecule has 0 radical (unpaired) electrons. The predicted octanol–water partition coefficient (Wildman–Crippen LogP) is 4.04. The minimum atomic E-state index is -4.32. The van der Waals surface area contributed by atoms with Crippen molar-refractivity contribution < 1.29 is 13.2 Å². The summed E-state index contributed by atoms with van der Waals surface area (Å²) in [4.78, 5) is 2.21. The van der Waals surface area contributed by atoms with Crippen LogP contribution in [-0.2, 0) is 6.18 Å². The van der Waals surface area contributed by atoms with Crippen LogP contribution in [0.15, 0.2) is 24.3 Å². The zero-order valence-electron chi connectivity index (χ0n) is 12.4. The van der Waals surface area contributed by atoms with E-state index in [1.165, 1.54) is 12.1 Å². The van der Waals surface area contributed by atoms with Gasteiger partial charge in [-0.15, -0.1) is 0 Å². The highest BCUT2D eigenvalue weighted by atomic mass is 19.4. The molecule has 1 fully saturated rings. The van der Waals surface area contributed by atoms with E-state index in [4.69, 9.17) is 0 Å². The minimum Gasteiger partial charge on any atom is -0.297 e. The molecule has 2 nitrogen and oxygen atoms in total. The van der Waals surface area contributed by atoms with Crippen LogP contribution < -0.4 is 0 Å². The average Bonchev–Trinajstić information content (AvgIpc) is 2.81. The van der Waals surface area contributed by atoms with Gasteiger partial charge in [-0.1, -0.05) is 12.1 Å². The molecular formula is C16H19F3N2. The standard InChI is InChI=1S/C16H19F3N2/c1-15(2,3)21-9-12(8-20)14(10-21)11-4-6-13(7-5-11)16(17,18)19/h4-7,12,14H,9-10H2,1-3H3/t12-,14+/m0/s1. The highest BCUT2D eigenvalue weighted by molar-refractivity contribution is 5.30. The molecule has 0 aliphatic carbocycles. The van der Waals surface area contributed by atoms with Crippen LogP contribution in [0.3, 0.4) is 0 Å². The highest BCUT2D eigenvalue weighted by Crippen LogP contribution is 2.37. The first-order valence-electron chi connectivity index (χ1n) is 6.95. The van der Waals surface area contributed by atoms with Crippen molar-refractivity contribution in [2.24, 2.45) is 5.92 Å². The maximum Gasteiger partial charge on any atom is 0.416 e. The molecule has 0 aromatic heterocycles. The summed E-state index contributed by atoms with van der Waals surface area (Å²) in [5.74, 6) is -0.211. The summed E-state index contributed by atoms with van der Waals surface area (Å²) in [6.45, 7) is 7.60. The summed E-state index contributed by atoms with van der Waals surface area (Å²) in [5.41, 5.74) is 0.113. The third-order valence-corrected chi connectivity index (χ3v) is 4.10. The van der Waals surface area contributed by atoms with Gasteiger partial charge in [0.15, 0.2) is 0 Å². The summed E-state index contributed by atoms with van der Waals surface area (Å²) < 4.78 is 37.8. The third-order valence-electron chi connectivity index (χ3n) is 4.10. The number of halogens is 3. The van der Waals surface area contributed by atoms with Crippen molar-refractivity contribution in [3.05, 3.63) is 35.4 Å². The Hall–Kier alpha value is -1.54. The molecule has 1 saturated heterocycles. The number of hydrogen-bond donors (Lipinski definition) is 0. The fourth-order valence-electron chi connectivity index (χ4n) is 2.74. The number of nitriles is 1. The van der Waals surface area contributed by atoms with Gasteiger partial charge in [-0.3, -0.25) is 4.90 Å². The van der Waals surface area contributed by atoms with Crippen LogP contribution >= 0.6 is 0 Å². The Morgan fingerprint density at radius 2 is 1.67 bits per heavy atom. The van der Waals surface area contributed by atoms with Crippen molar-refractivity contribution in [3.8, 4) is 6.07 Å². The molecule has 0 saturated carbocycles. The predicted molar refractivity (Wildman–Crippen MR) is 74.6 cm³/mol. The zero-order chi connectivity index (χ0) is 15.8. The van der Waals surface area contributed by atoms with Gasteiger partial charge in [0.1, 0.15) is 0 Å². The van der Waals surface area contributed by atoms with Crippen LogP contribution in [0.2, 0.25) is 0 Å². The van der Waals surface area contributed by atoms with Gasteiger partial charge in [0, 0.05) is 24.5 Å². The summed E-state index contributed by atoms with van der Waals surface area (Å²) in [6.07, 6.45) is -4.32. The summed E-state index contributed by atoms with van der Waals surface area (Å²) >= 11 is 0. The van der Waals surface area contributed by atoms with Gasteiger partial charge < -0.3 is 0 Å². The maximum absolute atomic E-state index is 12.6. The number of benzene rings is 1. The van der Waals surface area contributed by atoms with E-state index in [1.807, 2.05) is 0 Å². The second kappa shape index (κ2) is 5.34. The Kier molecular flexibility index (Phi) is 4.03. The van der Waals surface area contributed by atoms with Crippen molar-refractivity contribution in [2.45, 2.75) is 38.4 Å². The van der Waals surface area contributed by atoms with Gasteiger partial charge >= 0.3 is 6.18 Å². The Bertz CT molecular complexity index is 535. The molecule has 0 spiro atoms. The SMILES string of the molecule is CC(C)(C)N1C[C@H](c2ccc(C(F)(F)F)cc2)[C@@H](C#N)C1. The molecular weight excluding hydrogens is 277 g/mol. The van der Waals surface area contributed by atoms with E-state index < -0.39 is 11.7 Å². The number of rotatable bonds is 1. The van der Waals surface area contributed by atoms with Gasteiger partial charge in [-0.05, 0) is 38.5 Å². The zero-order valence-corrected chi connectivity index (χ0v) is 12.4. The second-order valence-corrected chi connectivity index (χ2v) is 6.54. The first-order valence-corrected chi connectivity index (χ1v) is 6.95. The molecule has 0 N–H and O–H groups in total. The molecule has 21 heavy (non-hydrogen) atoms. The molecule has 1 aromatic rings. The summed E-state index contributed by atoms with van der Waals surface area (Å²) in [5, 5.41) is 9.31. The van der Waals surface area contributed by atoms with Gasteiger partial charge in [0.25, 0.3) is 0 Å². The number of alkyl halides is 3. The quantitative estimate of drug-likeness (QED) is 0.782. The fourth-order valence-corrected chi connectivity index (χ4v) is 2.74. The number of likely N-dealkylation sites (tertiary alicyclic amines) is 1. The Balaban J connectivity index is 2.23. The van der Waals surface area contributed by atoms with Crippen LogP contribution in [0.4, 0.5) is 13.2 Å². The van der Waals surface area contributed by atoms with E-state index in [9.17, 15) is 18.4 Å². The minimum absolute atomic E-state index is 0.0310. The van der Waals surface area contributed by atoms with E-state index in [0.717, 1.165) is 17.7 Å². The van der Waals surface area contributed by atoms with Gasteiger partial charge in [0.2, 0.25) is 0 Å². The lowest BCUT2D eigenvalue weighted by Gasteiger charge is -2.31. The topological polar surface area (TPSA) is 27.0 Å². The van der Waals surface area contributed by atoms with Crippen LogP contribution in [0.5, 0.6) is 0 Å². The van der Waals surface area contributed by atoms with Gasteiger partial charge in [-0.25, -0.2) is 0 Å². The van der Waals surface area contributed by atoms with Gasteiger partial charge in [0.05, 0.1) is 17.6 Å². The molecule has 2 atom stereocenters. The Morgan fingerprint density at radius 3 is 2.10 bits per heavy atom. The number of hydrogen-bond acceptors (Lipinski definition) is 2. The second-order valence-electron chi connectivity index (χ2n) is 6.54. The van der Waals surface area contributed by atoms with Crippen LogP contribution in [0.1, 0.15) is 37.8 Å². The van der Waals surface area contributed by atoms with E-state index in [-0.39, 0.29) is 17.4 Å². The molecule has 114 valence electrons. The van der Waals surface area contributed by atoms with E-state index >= 15 is 0 Å². The molecule has 1 aromatic carbocycles. The first kappa shape index (κ1) is 15.8. The molecule has 1 aliphatic rings. The average molecular weight is 296 g/mol. The van der Waals surface area contributed by atoms with Crippen molar-refractivity contribution in [3.63, 3.8) is 0 Å². The molecule has 2 rings (SSSR count). The lowest BCUT2D eigenvalue weighted by Crippen LogP contribution is -2.39. The highest BCUT2D eigenvalue weighted by Gasteiger charge is 2.39. The van der Waals surface area contributed by atoms with E-state index in [0.29, 0.717) is 13.1 Å². The maximum atomic E-state index is 12.6.